The smallest absolute Gasteiger partial charge is 0.287 e. The van der Waals surface area contributed by atoms with Crippen LogP contribution in [0.5, 0.6) is 0 Å². The minimum Gasteiger partial charge on any atom is -0.394 e. The molecule has 0 atom stereocenters. The van der Waals surface area contributed by atoms with Crippen LogP contribution in [-0.4, -0.2) is 40.5 Å². The Labute approximate surface area is 106 Å². The number of nitrogens with one attached hydrogen (secondary N) is 1. The Morgan fingerprint density at radius 1 is 1.61 bits per heavy atom. The quantitative estimate of drug-likeness (QED) is 0.677. The third-order valence-corrected chi connectivity index (χ3v) is 2.50. The molecule has 0 unspecified atom stereocenters. The summed E-state index contributed by atoms with van der Waals surface area (Å²) < 4.78 is 26.7. The van der Waals surface area contributed by atoms with Gasteiger partial charge in [0.15, 0.2) is 0 Å². The van der Waals surface area contributed by atoms with Gasteiger partial charge in [0.05, 0.1) is 38.1 Å². The number of aliphatic hydroxyl groups is 1. The molecule has 1 heterocycles. The molecule has 18 heavy (non-hydrogen) atoms. The van der Waals surface area contributed by atoms with Gasteiger partial charge in [-0.25, -0.2) is 13.5 Å². The summed E-state index contributed by atoms with van der Waals surface area (Å²) in [7, 11) is 0. The number of anilines is 1. The van der Waals surface area contributed by atoms with Crippen LogP contribution in [-0.2, 0) is 6.54 Å². The van der Waals surface area contributed by atoms with Gasteiger partial charge in [0.1, 0.15) is 5.02 Å². The first-order valence-corrected chi connectivity index (χ1v) is 5.47. The van der Waals surface area contributed by atoms with Crippen LogP contribution in [0.4, 0.5) is 14.5 Å². The maximum Gasteiger partial charge on any atom is 0.287 e. The zero-order chi connectivity index (χ0) is 13.8. The van der Waals surface area contributed by atoms with Gasteiger partial charge in [0, 0.05) is 0 Å². The van der Waals surface area contributed by atoms with Crippen LogP contribution in [0.1, 0.15) is 0 Å². The molecular weight excluding hydrogens is 270 g/mol. The van der Waals surface area contributed by atoms with Gasteiger partial charge in [-0.15, -0.1) is 0 Å². The Morgan fingerprint density at radius 2 is 2.28 bits per heavy atom. The van der Waals surface area contributed by atoms with Crippen molar-refractivity contribution in [3.63, 3.8) is 0 Å². The fraction of sp³-hybridized carbons (Fsp3) is 0.556. The number of halogens is 3. The molecule has 1 aromatic rings. The van der Waals surface area contributed by atoms with E-state index in [4.69, 9.17) is 22.4 Å². The number of aromatic nitrogens is 2. The molecule has 0 bridgehead atoms. The summed E-state index contributed by atoms with van der Waals surface area (Å²) in [4.78, 5) is 11.6. The number of nitrogens with two attached hydrogens (primary N) is 1. The highest BCUT2D eigenvalue weighted by atomic mass is 35.5. The van der Waals surface area contributed by atoms with Crippen molar-refractivity contribution in [3.8, 4) is 0 Å². The predicted molar refractivity (Wildman–Crippen MR) is 63.1 cm³/mol. The number of hydrogen-bond donors (Lipinski definition) is 3. The van der Waals surface area contributed by atoms with Gasteiger partial charge in [-0.1, -0.05) is 11.6 Å². The molecule has 4 N–H and O–H groups in total. The third-order valence-electron chi connectivity index (χ3n) is 2.13. The van der Waals surface area contributed by atoms with E-state index in [1.807, 2.05) is 0 Å². The minimum atomic E-state index is -3.09. The van der Waals surface area contributed by atoms with Crippen LogP contribution >= 0.6 is 11.6 Å². The van der Waals surface area contributed by atoms with Crippen molar-refractivity contribution >= 4 is 17.3 Å². The maximum atomic E-state index is 12.9. The second-order valence-electron chi connectivity index (χ2n) is 3.54. The van der Waals surface area contributed by atoms with Crippen molar-refractivity contribution in [2.24, 2.45) is 5.73 Å². The summed E-state index contributed by atoms with van der Waals surface area (Å²) in [5, 5.41) is 14.4. The van der Waals surface area contributed by atoms with Crippen molar-refractivity contribution in [1.82, 2.24) is 9.78 Å². The molecule has 102 valence electrons. The Balaban J connectivity index is 2.86. The first kappa shape index (κ1) is 14.8. The molecule has 0 radical (unpaired) electrons. The summed E-state index contributed by atoms with van der Waals surface area (Å²) in [5.74, 6) is -3.09. The van der Waals surface area contributed by atoms with E-state index in [-0.39, 0.29) is 23.9 Å². The lowest BCUT2D eigenvalue weighted by Crippen LogP contribution is -2.36. The van der Waals surface area contributed by atoms with Crippen LogP contribution in [0.25, 0.3) is 0 Å². The lowest BCUT2D eigenvalue weighted by atomic mass is 10.3. The van der Waals surface area contributed by atoms with Crippen LogP contribution in [0, 0.1) is 0 Å². The zero-order valence-corrected chi connectivity index (χ0v) is 10.1. The number of aliphatic hydroxyl groups excluding tert-OH is 1. The average molecular weight is 283 g/mol. The zero-order valence-electron chi connectivity index (χ0n) is 9.37. The van der Waals surface area contributed by atoms with Gasteiger partial charge in [-0.2, -0.15) is 5.10 Å². The van der Waals surface area contributed by atoms with Crippen molar-refractivity contribution in [3.05, 3.63) is 21.6 Å². The number of rotatable bonds is 6. The Hall–Kier alpha value is -1.25. The van der Waals surface area contributed by atoms with E-state index in [1.54, 1.807) is 0 Å². The van der Waals surface area contributed by atoms with E-state index in [0.29, 0.717) is 0 Å². The molecule has 0 spiro atoms. The monoisotopic (exact) mass is 282 g/mol. The van der Waals surface area contributed by atoms with Crippen LogP contribution in [0.15, 0.2) is 11.0 Å². The van der Waals surface area contributed by atoms with Crippen molar-refractivity contribution in [1.29, 1.82) is 0 Å². The largest absolute Gasteiger partial charge is 0.394 e. The molecular formula is C9H13ClF2N4O2. The highest BCUT2D eigenvalue weighted by Gasteiger charge is 2.26. The van der Waals surface area contributed by atoms with Crippen LogP contribution < -0.4 is 16.6 Å². The van der Waals surface area contributed by atoms with E-state index in [1.165, 1.54) is 0 Å². The SMILES string of the molecule is NCC(F)(F)CNc1cnn(CCO)c(=O)c1Cl. The first-order valence-electron chi connectivity index (χ1n) is 5.09. The molecule has 0 saturated heterocycles. The summed E-state index contributed by atoms with van der Waals surface area (Å²) in [6, 6.07) is 0. The molecule has 9 heteroatoms. The number of nitrogens with zero attached hydrogens (tertiary/aromatic N) is 2. The van der Waals surface area contributed by atoms with Gasteiger partial charge in [-0.05, 0) is 0 Å². The van der Waals surface area contributed by atoms with E-state index >= 15 is 0 Å². The molecule has 1 rings (SSSR count). The molecule has 0 saturated carbocycles. The summed E-state index contributed by atoms with van der Waals surface area (Å²) in [5.41, 5.74) is 4.21. The van der Waals surface area contributed by atoms with Gasteiger partial charge in [-0.3, -0.25) is 4.79 Å². The van der Waals surface area contributed by atoms with Gasteiger partial charge >= 0.3 is 0 Å². The Morgan fingerprint density at radius 3 is 2.83 bits per heavy atom. The highest BCUT2D eigenvalue weighted by Crippen LogP contribution is 2.18. The molecule has 0 amide bonds. The average Bonchev–Trinajstić information content (AvgIpc) is 2.34. The summed E-state index contributed by atoms with van der Waals surface area (Å²) in [6.07, 6.45) is 1.14. The van der Waals surface area contributed by atoms with E-state index in [9.17, 15) is 13.6 Å². The fourth-order valence-electron chi connectivity index (χ4n) is 1.14. The predicted octanol–water partition coefficient (Wildman–Crippen LogP) is -0.105. The lowest BCUT2D eigenvalue weighted by molar-refractivity contribution is 0.0254. The third kappa shape index (κ3) is 3.62. The van der Waals surface area contributed by atoms with E-state index in [0.717, 1.165) is 10.9 Å². The summed E-state index contributed by atoms with van der Waals surface area (Å²) >= 11 is 5.71. The van der Waals surface area contributed by atoms with Gasteiger partial charge < -0.3 is 16.2 Å². The molecule has 6 nitrogen and oxygen atoms in total. The molecule has 0 fully saturated rings. The van der Waals surface area contributed by atoms with E-state index in [2.05, 4.69) is 10.4 Å². The second kappa shape index (κ2) is 6.07. The topological polar surface area (TPSA) is 93.2 Å². The van der Waals surface area contributed by atoms with Gasteiger partial charge in [0.25, 0.3) is 11.5 Å². The normalized spacial score (nSPS) is 11.6. The lowest BCUT2D eigenvalue weighted by Gasteiger charge is -2.16. The van der Waals surface area contributed by atoms with Crippen LogP contribution in [0.3, 0.4) is 0 Å². The highest BCUT2D eigenvalue weighted by molar-refractivity contribution is 6.32. The molecule has 0 aliphatic heterocycles. The van der Waals surface area contributed by atoms with Gasteiger partial charge in [0.2, 0.25) is 0 Å². The van der Waals surface area contributed by atoms with Crippen LogP contribution in [0.2, 0.25) is 5.02 Å². The number of hydrogen-bond acceptors (Lipinski definition) is 5. The standard InChI is InChI=1S/C9H13ClF2N4O2/c10-7-6(14-5-9(11,12)4-13)3-15-16(1-2-17)8(7)18/h3,14,17H,1-2,4-5,13H2. The minimum absolute atomic E-state index is 0.00369. The van der Waals surface area contributed by atoms with Crippen molar-refractivity contribution in [2.45, 2.75) is 12.5 Å². The number of alkyl halides is 2. The van der Waals surface area contributed by atoms with Crippen molar-refractivity contribution < 1.29 is 13.9 Å². The summed E-state index contributed by atoms with van der Waals surface area (Å²) in [6.45, 7) is -1.85. The molecule has 0 aromatic carbocycles. The van der Waals surface area contributed by atoms with E-state index < -0.39 is 24.6 Å². The molecule has 1 aromatic heterocycles. The Kier molecular flexibility index (Phi) is 5.00. The molecule has 0 aliphatic carbocycles. The first-order chi connectivity index (χ1) is 8.41. The second-order valence-corrected chi connectivity index (χ2v) is 3.92. The fourth-order valence-corrected chi connectivity index (χ4v) is 1.35. The maximum absolute atomic E-state index is 12.9. The van der Waals surface area contributed by atoms with Crippen molar-refractivity contribution in [2.75, 3.05) is 25.0 Å². The molecule has 0 aliphatic rings. The Bertz CT molecular complexity index is 466.